The van der Waals surface area contributed by atoms with Crippen LogP contribution in [0.5, 0.6) is 0 Å². The molecule has 5 heteroatoms. The van der Waals surface area contributed by atoms with Gasteiger partial charge < -0.3 is 4.74 Å². The molecule has 0 saturated heterocycles. The number of ketones is 1. The highest BCUT2D eigenvalue weighted by atomic mass is 79.9. The van der Waals surface area contributed by atoms with Crippen molar-refractivity contribution in [2.75, 3.05) is 12.5 Å². The molecule has 1 aromatic carbocycles. The van der Waals surface area contributed by atoms with Gasteiger partial charge in [-0.25, -0.2) is 4.79 Å². The SMILES string of the molecule is CCOC(=O)c1c(Br)cccc1C(=O)CCCl. The van der Waals surface area contributed by atoms with Crippen LogP contribution >= 0.6 is 27.5 Å². The van der Waals surface area contributed by atoms with Crippen molar-refractivity contribution in [2.24, 2.45) is 0 Å². The Kier molecular flexibility index (Phi) is 5.65. The van der Waals surface area contributed by atoms with Gasteiger partial charge in [-0.15, -0.1) is 11.6 Å². The molecule has 0 bridgehead atoms. The molecular weight excluding hydrogens is 307 g/mol. The summed E-state index contributed by atoms with van der Waals surface area (Å²) in [4.78, 5) is 23.6. The molecule has 0 fully saturated rings. The zero-order valence-electron chi connectivity index (χ0n) is 9.33. The van der Waals surface area contributed by atoms with Crippen LogP contribution in [0.2, 0.25) is 0 Å². The summed E-state index contributed by atoms with van der Waals surface area (Å²) < 4.78 is 5.48. The fourth-order valence-corrected chi connectivity index (χ4v) is 2.09. The van der Waals surface area contributed by atoms with Gasteiger partial charge in [0.05, 0.1) is 12.2 Å². The van der Waals surface area contributed by atoms with E-state index < -0.39 is 5.97 Å². The highest BCUT2D eigenvalue weighted by Gasteiger charge is 2.20. The Balaban J connectivity index is 3.17. The van der Waals surface area contributed by atoms with E-state index in [9.17, 15) is 9.59 Å². The molecule has 0 heterocycles. The highest BCUT2D eigenvalue weighted by molar-refractivity contribution is 9.10. The number of hydrogen-bond acceptors (Lipinski definition) is 3. The summed E-state index contributed by atoms with van der Waals surface area (Å²) in [6, 6.07) is 5.00. The molecule has 0 aliphatic heterocycles. The van der Waals surface area contributed by atoms with E-state index in [2.05, 4.69) is 15.9 Å². The molecule has 0 aliphatic carbocycles. The molecule has 17 heavy (non-hydrogen) atoms. The molecule has 0 radical (unpaired) electrons. The van der Waals surface area contributed by atoms with Crippen LogP contribution in [0.4, 0.5) is 0 Å². The quantitative estimate of drug-likeness (QED) is 0.474. The lowest BCUT2D eigenvalue weighted by molar-refractivity contribution is 0.0522. The minimum Gasteiger partial charge on any atom is -0.462 e. The average Bonchev–Trinajstić information content (AvgIpc) is 2.29. The molecule has 1 aromatic rings. The predicted octanol–water partition coefficient (Wildman–Crippen LogP) is 3.44. The summed E-state index contributed by atoms with van der Waals surface area (Å²) in [6.07, 6.45) is 0.199. The van der Waals surface area contributed by atoms with Gasteiger partial charge in [0.25, 0.3) is 0 Å². The Morgan fingerprint density at radius 1 is 1.41 bits per heavy atom. The topological polar surface area (TPSA) is 43.4 Å². The molecule has 3 nitrogen and oxygen atoms in total. The van der Waals surface area contributed by atoms with Gasteiger partial charge in [0, 0.05) is 22.3 Å². The molecule has 0 N–H and O–H groups in total. The lowest BCUT2D eigenvalue weighted by Gasteiger charge is -2.09. The Hall–Kier alpha value is -0.870. The fourth-order valence-electron chi connectivity index (χ4n) is 1.39. The van der Waals surface area contributed by atoms with Crippen molar-refractivity contribution in [3.8, 4) is 0 Å². The molecule has 92 valence electrons. The van der Waals surface area contributed by atoms with Crippen LogP contribution in [-0.2, 0) is 4.74 Å². The smallest absolute Gasteiger partial charge is 0.340 e. The van der Waals surface area contributed by atoms with E-state index in [1.54, 1.807) is 25.1 Å². The molecule has 1 rings (SSSR count). The molecule has 0 saturated carbocycles. The van der Waals surface area contributed by atoms with E-state index >= 15 is 0 Å². The summed E-state index contributed by atoms with van der Waals surface area (Å²) in [6.45, 7) is 1.98. The van der Waals surface area contributed by atoms with Crippen molar-refractivity contribution in [1.82, 2.24) is 0 Å². The van der Waals surface area contributed by atoms with Crippen LogP contribution < -0.4 is 0 Å². The molecule has 0 amide bonds. The van der Waals surface area contributed by atoms with Gasteiger partial charge >= 0.3 is 5.97 Å². The summed E-state index contributed by atoms with van der Waals surface area (Å²) in [5.41, 5.74) is 0.614. The Morgan fingerprint density at radius 3 is 2.71 bits per heavy atom. The first-order valence-corrected chi connectivity index (χ1v) is 6.49. The van der Waals surface area contributed by atoms with Crippen molar-refractivity contribution in [2.45, 2.75) is 13.3 Å². The molecular formula is C12H12BrClO3. The normalized spacial score (nSPS) is 10.1. The number of Topliss-reactive ketones (excluding diaryl/α,β-unsaturated/α-hetero) is 1. The van der Waals surface area contributed by atoms with Crippen molar-refractivity contribution in [3.05, 3.63) is 33.8 Å². The standard InChI is InChI=1S/C12H12BrClO3/c1-2-17-12(16)11-8(10(15)6-7-14)4-3-5-9(11)13/h3-5H,2,6-7H2,1H3. The van der Waals surface area contributed by atoms with E-state index in [1.807, 2.05) is 0 Å². The van der Waals surface area contributed by atoms with Crippen LogP contribution in [0.1, 0.15) is 34.1 Å². The van der Waals surface area contributed by atoms with Crippen molar-refractivity contribution in [3.63, 3.8) is 0 Å². The first-order chi connectivity index (χ1) is 8.11. The number of carbonyl (C=O) groups is 2. The monoisotopic (exact) mass is 318 g/mol. The van der Waals surface area contributed by atoms with E-state index in [1.165, 1.54) is 0 Å². The minimum absolute atomic E-state index is 0.163. The van der Waals surface area contributed by atoms with Gasteiger partial charge in [0.1, 0.15) is 0 Å². The second kappa shape index (κ2) is 6.77. The number of alkyl halides is 1. The fraction of sp³-hybridized carbons (Fsp3) is 0.333. The van der Waals surface area contributed by atoms with Crippen LogP contribution in [0.3, 0.4) is 0 Å². The highest BCUT2D eigenvalue weighted by Crippen LogP contribution is 2.23. The first-order valence-electron chi connectivity index (χ1n) is 5.16. The Morgan fingerprint density at radius 2 is 2.12 bits per heavy atom. The molecule has 0 spiro atoms. The van der Waals surface area contributed by atoms with Crippen LogP contribution in [0.25, 0.3) is 0 Å². The lowest BCUT2D eigenvalue weighted by Crippen LogP contribution is -2.13. The van der Waals surface area contributed by atoms with E-state index in [-0.39, 0.29) is 30.3 Å². The maximum atomic E-state index is 11.8. The maximum Gasteiger partial charge on any atom is 0.340 e. The second-order valence-electron chi connectivity index (χ2n) is 3.25. The number of benzene rings is 1. The van der Waals surface area contributed by atoms with Crippen molar-refractivity contribution in [1.29, 1.82) is 0 Å². The van der Waals surface area contributed by atoms with Gasteiger partial charge in [0.2, 0.25) is 0 Å². The number of esters is 1. The predicted molar refractivity (Wildman–Crippen MR) is 69.8 cm³/mol. The van der Waals surface area contributed by atoms with Crippen molar-refractivity contribution >= 4 is 39.3 Å². The summed E-state index contributed by atoms with van der Waals surface area (Å²) in [5.74, 6) is -0.435. The van der Waals surface area contributed by atoms with Crippen molar-refractivity contribution < 1.29 is 14.3 Å². The maximum absolute atomic E-state index is 11.8. The average molecular weight is 320 g/mol. The van der Waals surface area contributed by atoms with Gasteiger partial charge in [0.15, 0.2) is 5.78 Å². The summed E-state index contributed by atoms with van der Waals surface area (Å²) in [5, 5.41) is 0. The molecule has 0 aromatic heterocycles. The van der Waals surface area contributed by atoms with Crippen LogP contribution in [0.15, 0.2) is 22.7 Å². The number of hydrogen-bond donors (Lipinski definition) is 0. The lowest BCUT2D eigenvalue weighted by atomic mass is 10.0. The number of rotatable bonds is 5. The van der Waals surface area contributed by atoms with E-state index in [0.717, 1.165) is 0 Å². The first kappa shape index (κ1) is 14.2. The third-order valence-electron chi connectivity index (χ3n) is 2.12. The minimum atomic E-state index is -0.502. The number of halogens is 2. The summed E-state index contributed by atoms with van der Waals surface area (Å²) >= 11 is 8.78. The zero-order chi connectivity index (χ0) is 12.8. The molecule has 0 aliphatic rings. The third-order valence-corrected chi connectivity index (χ3v) is 2.96. The second-order valence-corrected chi connectivity index (χ2v) is 4.48. The van der Waals surface area contributed by atoms with Crippen LogP contribution in [0, 0.1) is 0 Å². The largest absolute Gasteiger partial charge is 0.462 e. The molecule has 0 atom stereocenters. The van der Waals surface area contributed by atoms with E-state index in [0.29, 0.717) is 10.0 Å². The number of carbonyl (C=O) groups excluding carboxylic acids is 2. The zero-order valence-corrected chi connectivity index (χ0v) is 11.7. The van der Waals surface area contributed by atoms with Crippen LogP contribution in [-0.4, -0.2) is 24.2 Å². The summed E-state index contributed by atoms with van der Waals surface area (Å²) in [7, 11) is 0. The Bertz CT molecular complexity index is 432. The molecule has 0 unspecified atom stereocenters. The van der Waals surface area contributed by atoms with Gasteiger partial charge in [-0.3, -0.25) is 4.79 Å². The van der Waals surface area contributed by atoms with Gasteiger partial charge in [-0.1, -0.05) is 12.1 Å². The van der Waals surface area contributed by atoms with E-state index in [4.69, 9.17) is 16.3 Å². The van der Waals surface area contributed by atoms with Gasteiger partial charge in [-0.2, -0.15) is 0 Å². The third kappa shape index (κ3) is 3.54. The Labute approximate surface area is 113 Å². The van der Waals surface area contributed by atoms with Gasteiger partial charge in [-0.05, 0) is 28.9 Å². The number of ether oxygens (including phenoxy) is 1.